The standard InChI is InChI=1S/C19H22N2O4/c1-24-16-6-3-14(4-7-16)17-11-20-19(25-17)9-8-18(23)21-15-5-2-13(10-15)12-22/h2-7,11,13,15,22H,8-10,12H2,1H3,(H,21,23)/t13-,15+/m0/s1. The van der Waals surface area contributed by atoms with Crippen molar-refractivity contribution in [3.8, 4) is 17.1 Å². The average molecular weight is 342 g/mol. The molecule has 0 unspecified atom stereocenters. The van der Waals surface area contributed by atoms with Gasteiger partial charge in [0.05, 0.1) is 13.3 Å². The number of carbonyl (C=O) groups is 1. The summed E-state index contributed by atoms with van der Waals surface area (Å²) >= 11 is 0. The smallest absolute Gasteiger partial charge is 0.220 e. The quantitative estimate of drug-likeness (QED) is 0.755. The Bertz CT molecular complexity index is 736. The van der Waals surface area contributed by atoms with Crippen molar-refractivity contribution < 1.29 is 19.1 Å². The first-order valence-corrected chi connectivity index (χ1v) is 8.35. The Labute approximate surface area is 146 Å². The van der Waals surface area contributed by atoms with Crippen LogP contribution in [0.3, 0.4) is 0 Å². The van der Waals surface area contributed by atoms with Crippen LogP contribution in [0.5, 0.6) is 5.75 Å². The molecule has 0 fully saturated rings. The first kappa shape index (κ1) is 17.2. The van der Waals surface area contributed by atoms with Crippen LogP contribution >= 0.6 is 0 Å². The van der Waals surface area contributed by atoms with E-state index in [0.29, 0.717) is 24.5 Å². The largest absolute Gasteiger partial charge is 0.497 e. The first-order chi connectivity index (χ1) is 12.2. The lowest BCUT2D eigenvalue weighted by Gasteiger charge is -2.12. The maximum Gasteiger partial charge on any atom is 0.220 e. The summed E-state index contributed by atoms with van der Waals surface area (Å²) in [5.74, 6) is 2.09. The van der Waals surface area contributed by atoms with Crippen LogP contribution in [0.2, 0.25) is 0 Å². The summed E-state index contributed by atoms with van der Waals surface area (Å²) in [7, 11) is 1.62. The van der Waals surface area contributed by atoms with Crippen molar-refractivity contribution in [2.24, 2.45) is 5.92 Å². The van der Waals surface area contributed by atoms with Crippen molar-refractivity contribution in [3.05, 3.63) is 48.5 Å². The van der Waals surface area contributed by atoms with Crippen LogP contribution in [-0.4, -0.2) is 35.8 Å². The van der Waals surface area contributed by atoms with E-state index in [1.807, 2.05) is 36.4 Å². The third-order valence-electron chi connectivity index (χ3n) is 4.25. The zero-order valence-electron chi connectivity index (χ0n) is 14.1. The minimum atomic E-state index is -0.0440. The molecule has 1 aliphatic rings. The molecule has 0 spiro atoms. The van der Waals surface area contributed by atoms with E-state index in [1.54, 1.807) is 13.3 Å². The molecule has 0 radical (unpaired) electrons. The van der Waals surface area contributed by atoms with Crippen molar-refractivity contribution in [2.75, 3.05) is 13.7 Å². The lowest BCUT2D eigenvalue weighted by Crippen LogP contribution is -2.33. The normalized spacial score (nSPS) is 19.1. The Kier molecular flexibility index (Phi) is 5.50. The summed E-state index contributed by atoms with van der Waals surface area (Å²) in [6.45, 7) is 0.118. The molecule has 25 heavy (non-hydrogen) atoms. The van der Waals surface area contributed by atoms with Gasteiger partial charge < -0.3 is 19.6 Å². The van der Waals surface area contributed by atoms with E-state index in [0.717, 1.165) is 17.7 Å². The Balaban J connectivity index is 1.49. The number of aryl methyl sites for hydroxylation is 1. The average Bonchev–Trinajstić information content (AvgIpc) is 3.29. The number of rotatable bonds is 7. The molecule has 1 aromatic carbocycles. The van der Waals surface area contributed by atoms with Gasteiger partial charge in [0.2, 0.25) is 5.91 Å². The van der Waals surface area contributed by atoms with E-state index < -0.39 is 0 Å². The van der Waals surface area contributed by atoms with Gasteiger partial charge in [0.15, 0.2) is 11.7 Å². The van der Waals surface area contributed by atoms with Gasteiger partial charge in [-0.05, 0) is 30.7 Å². The number of amides is 1. The van der Waals surface area contributed by atoms with Gasteiger partial charge in [-0.3, -0.25) is 4.79 Å². The second kappa shape index (κ2) is 7.98. The minimum Gasteiger partial charge on any atom is -0.497 e. The van der Waals surface area contributed by atoms with E-state index in [9.17, 15) is 4.79 Å². The summed E-state index contributed by atoms with van der Waals surface area (Å²) in [6.07, 6.45) is 7.06. The van der Waals surface area contributed by atoms with Crippen molar-refractivity contribution in [1.29, 1.82) is 0 Å². The third kappa shape index (κ3) is 4.48. The highest BCUT2D eigenvalue weighted by Crippen LogP contribution is 2.23. The van der Waals surface area contributed by atoms with Crippen LogP contribution < -0.4 is 10.1 Å². The van der Waals surface area contributed by atoms with Gasteiger partial charge >= 0.3 is 0 Å². The van der Waals surface area contributed by atoms with E-state index in [1.165, 1.54) is 0 Å². The number of oxazole rings is 1. The highest BCUT2D eigenvalue weighted by Gasteiger charge is 2.19. The number of aromatic nitrogens is 1. The lowest BCUT2D eigenvalue weighted by molar-refractivity contribution is -0.121. The number of nitrogens with zero attached hydrogens (tertiary/aromatic N) is 1. The van der Waals surface area contributed by atoms with Gasteiger partial charge in [0.1, 0.15) is 5.75 Å². The van der Waals surface area contributed by atoms with Crippen LogP contribution in [0.15, 0.2) is 47.0 Å². The molecule has 0 aliphatic heterocycles. The lowest BCUT2D eigenvalue weighted by atomic mass is 10.1. The summed E-state index contributed by atoms with van der Waals surface area (Å²) in [5, 5.41) is 12.0. The maximum atomic E-state index is 12.0. The molecule has 6 nitrogen and oxygen atoms in total. The Morgan fingerprint density at radius 1 is 1.36 bits per heavy atom. The van der Waals surface area contributed by atoms with Crippen LogP contribution in [0.25, 0.3) is 11.3 Å². The van der Waals surface area contributed by atoms with Crippen LogP contribution in [0.1, 0.15) is 18.7 Å². The minimum absolute atomic E-state index is 0.00377. The van der Waals surface area contributed by atoms with Gasteiger partial charge in [0, 0.05) is 37.0 Å². The molecule has 1 heterocycles. The van der Waals surface area contributed by atoms with Crippen molar-refractivity contribution >= 4 is 5.91 Å². The fraction of sp³-hybridized carbons (Fsp3) is 0.368. The SMILES string of the molecule is COc1ccc(-c2cnc(CCC(=O)N[C@@H]3C=C[C@H](CO)C3)o2)cc1. The number of hydrogen-bond donors (Lipinski definition) is 2. The number of ether oxygens (including phenoxy) is 1. The molecule has 0 saturated heterocycles. The highest BCUT2D eigenvalue weighted by atomic mass is 16.5. The van der Waals surface area contributed by atoms with Gasteiger partial charge in [-0.25, -0.2) is 4.98 Å². The molecule has 2 aromatic rings. The molecule has 3 rings (SSSR count). The Morgan fingerprint density at radius 3 is 2.84 bits per heavy atom. The molecule has 0 bridgehead atoms. The van der Waals surface area contributed by atoms with Gasteiger partial charge in [0.25, 0.3) is 0 Å². The topological polar surface area (TPSA) is 84.6 Å². The number of nitrogens with one attached hydrogen (secondary N) is 1. The van der Waals surface area contributed by atoms with Crippen molar-refractivity contribution in [2.45, 2.75) is 25.3 Å². The molecule has 1 amide bonds. The maximum absolute atomic E-state index is 12.0. The zero-order valence-corrected chi connectivity index (χ0v) is 14.1. The number of benzene rings is 1. The van der Waals surface area contributed by atoms with Gasteiger partial charge in [-0.15, -0.1) is 0 Å². The summed E-state index contributed by atoms with van der Waals surface area (Å²) < 4.78 is 10.9. The molecular formula is C19H22N2O4. The Hall–Kier alpha value is -2.60. The zero-order chi connectivity index (χ0) is 17.6. The Morgan fingerprint density at radius 2 is 2.16 bits per heavy atom. The van der Waals surface area contributed by atoms with Crippen LogP contribution in [0.4, 0.5) is 0 Å². The molecule has 6 heteroatoms. The van der Waals surface area contributed by atoms with Crippen LogP contribution in [-0.2, 0) is 11.2 Å². The van der Waals surface area contributed by atoms with Gasteiger partial charge in [-0.2, -0.15) is 0 Å². The second-order valence-electron chi connectivity index (χ2n) is 6.08. The number of aliphatic hydroxyl groups is 1. The highest BCUT2D eigenvalue weighted by molar-refractivity contribution is 5.76. The van der Waals surface area contributed by atoms with E-state index in [2.05, 4.69) is 10.3 Å². The van der Waals surface area contributed by atoms with Gasteiger partial charge in [-0.1, -0.05) is 12.2 Å². The number of aliphatic hydroxyl groups excluding tert-OH is 1. The fourth-order valence-electron chi connectivity index (χ4n) is 2.83. The molecule has 132 valence electrons. The fourth-order valence-corrected chi connectivity index (χ4v) is 2.83. The van der Waals surface area contributed by atoms with Crippen molar-refractivity contribution in [3.63, 3.8) is 0 Å². The summed E-state index contributed by atoms with van der Waals surface area (Å²) in [6, 6.07) is 7.53. The predicted octanol–water partition coefficient (Wildman–Crippen LogP) is 2.34. The molecule has 1 aliphatic carbocycles. The van der Waals surface area contributed by atoms with E-state index in [-0.39, 0.29) is 24.5 Å². The van der Waals surface area contributed by atoms with Crippen LogP contribution in [0, 0.1) is 5.92 Å². The summed E-state index contributed by atoms with van der Waals surface area (Å²) in [5.41, 5.74) is 0.912. The number of methoxy groups -OCH3 is 1. The molecule has 0 saturated carbocycles. The molecular weight excluding hydrogens is 320 g/mol. The second-order valence-corrected chi connectivity index (χ2v) is 6.08. The third-order valence-corrected chi connectivity index (χ3v) is 4.25. The molecule has 2 N–H and O–H groups in total. The van der Waals surface area contributed by atoms with Crippen molar-refractivity contribution in [1.82, 2.24) is 10.3 Å². The summed E-state index contributed by atoms with van der Waals surface area (Å²) in [4.78, 5) is 16.3. The monoisotopic (exact) mass is 342 g/mol. The predicted molar refractivity (Wildman–Crippen MR) is 93.1 cm³/mol. The van der Waals surface area contributed by atoms with E-state index >= 15 is 0 Å². The molecule has 2 atom stereocenters. The first-order valence-electron chi connectivity index (χ1n) is 8.35. The van der Waals surface area contributed by atoms with E-state index in [4.69, 9.17) is 14.3 Å². The molecule has 1 aromatic heterocycles. The number of carbonyl (C=O) groups excluding carboxylic acids is 1. The number of hydrogen-bond acceptors (Lipinski definition) is 5.